The average molecular weight is 647 g/mol. The minimum absolute atomic E-state index is 0.0662. The number of hydrogen-bond acceptors (Lipinski definition) is 5. The summed E-state index contributed by atoms with van der Waals surface area (Å²) in [5.41, 5.74) is 2.66. The third kappa shape index (κ3) is 6.92. The van der Waals surface area contributed by atoms with Crippen molar-refractivity contribution in [3.8, 4) is 0 Å². The highest BCUT2D eigenvalue weighted by molar-refractivity contribution is 6.10. The molecule has 1 saturated heterocycles. The maximum absolute atomic E-state index is 14.3. The molecular formula is C39H45F3N2O3. The van der Waals surface area contributed by atoms with Gasteiger partial charge in [-0.3, -0.25) is 9.69 Å². The number of allylic oxidation sites excluding steroid dienone is 2. The van der Waals surface area contributed by atoms with Crippen LogP contribution in [0, 0.1) is 22.9 Å². The lowest BCUT2D eigenvalue weighted by Gasteiger charge is -2.47. The van der Waals surface area contributed by atoms with Gasteiger partial charge >= 0.3 is 0 Å². The molecule has 4 atom stereocenters. The van der Waals surface area contributed by atoms with Crippen LogP contribution in [0.2, 0.25) is 0 Å². The number of aliphatic hydroxyl groups excluding tert-OH is 1. The second-order valence-corrected chi connectivity index (χ2v) is 14.1. The third-order valence-corrected chi connectivity index (χ3v) is 11.1. The lowest BCUT2D eigenvalue weighted by Crippen LogP contribution is -2.56. The summed E-state index contributed by atoms with van der Waals surface area (Å²) >= 11 is 0. The van der Waals surface area contributed by atoms with Gasteiger partial charge in [0.15, 0.2) is 17.4 Å². The van der Waals surface area contributed by atoms with Gasteiger partial charge in [-0.25, -0.2) is 13.2 Å². The van der Waals surface area contributed by atoms with Gasteiger partial charge in [-0.15, -0.1) is 0 Å². The van der Waals surface area contributed by atoms with E-state index in [0.29, 0.717) is 44.2 Å². The first-order chi connectivity index (χ1) is 22.5. The van der Waals surface area contributed by atoms with Gasteiger partial charge in [-0.05, 0) is 117 Å². The predicted octanol–water partition coefficient (Wildman–Crippen LogP) is 7.20. The van der Waals surface area contributed by atoms with Gasteiger partial charge in [0, 0.05) is 55.0 Å². The molecule has 8 heteroatoms. The molecule has 3 aromatic carbocycles. The van der Waals surface area contributed by atoms with Crippen LogP contribution in [0.25, 0.3) is 0 Å². The first kappa shape index (κ1) is 33.4. The van der Waals surface area contributed by atoms with Gasteiger partial charge in [0.25, 0.3) is 0 Å². The SMILES string of the molecule is CC1=CCCC2(C)C(CCC2(O)CN2CCN(c3ccc(F)cc3)CC2)c2ccc(cc2C(=O)c2ccc(F)c(F)c2)CC(O)CC1. The van der Waals surface area contributed by atoms with Crippen LogP contribution in [0.15, 0.2) is 72.3 Å². The van der Waals surface area contributed by atoms with E-state index in [2.05, 4.69) is 29.7 Å². The average Bonchev–Trinajstić information content (AvgIpc) is 3.30. The monoisotopic (exact) mass is 646 g/mol. The number of ketones is 1. The van der Waals surface area contributed by atoms with E-state index < -0.39 is 34.5 Å². The molecule has 5 nitrogen and oxygen atoms in total. The molecular weight excluding hydrogens is 601 g/mol. The van der Waals surface area contributed by atoms with Crippen molar-refractivity contribution in [2.24, 2.45) is 5.41 Å². The van der Waals surface area contributed by atoms with E-state index in [1.54, 1.807) is 12.1 Å². The number of carbonyl (C=O) groups excluding carboxylic acids is 1. The molecule has 1 saturated carbocycles. The van der Waals surface area contributed by atoms with Crippen molar-refractivity contribution in [2.45, 2.75) is 76.4 Å². The summed E-state index contributed by atoms with van der Waals surface area (Å²) in [6, 6.07) is 15.5. The van der Waals surface area contributed by atoms with Gasteiger partial charge in [0.2, 0.25) is 0 Å². The number of fused-ring (bicyclic) bond motifs is 8. The molecule has 2 N–H and O–H groups in total. The Morgan fingerprint density at radius 3 is 2.38 bits per heavy atom. The molecule has 1 aliphatic heterocycles. The minimum atomic E-state index is -1.08. The van der Waals surface area contributed by atoms with E-state index in [9.17, 15) is 28.2 Å². The van der Waals surface area contributed by atoms with Crippen LogP contribution in [0.4, 0.5) is 18.9 Å². The zero-order chi connectivity index (χ0) is 33.3. The van der Waals surface area contributed by atoms with Crippen LogP contribution in [0.5, 0.6) is 0 Å². The lowest BCUT2D eigenvalue weighted by molar-refractivity contribution is -0.0841. The summed E-state index contributed by atoms with van der Waals surface area (Å²) in [5, 5.41) is 23.5. The molecule has 0 aromatic heterocycles. The van der Waals surface area contributed by atoms with Crippen molar-refractivity contribution >= 4 is 11.5 Å². The zero-order valence-electron chi connectivity index (χ0n) is 27.3. The Morgan fingerprint density at radius 1 is 0.915 bits per heavy atom. The Morgan fingerprint density at radius 2 is 1.66 bits per heavy atom. The van der Waals surface area contributed by atoms with Crippen molar-refractivity contribution < 1.29 is 28.2 Å². The molecule has 0 radical (unpaired) electrons. The Balaban J connectivity index is 1.33. The second kappa shape index (κ2) is 13.6. The van der Waals surface area contributed by atoms with Crippen molar-refractivity contribution in [2.75, 3.05) is 37.6 Å². The van der Waals surface area contributed by atoms with Crippen LogP contribution in [0.3, 0.4) is 0 Å². The highest BCUT2D eigenvalue weighted by Crippen LogP contribution is 2.59. The fourth-order valence-electron chi connectivity index (χ4n) is 8.18. The number of aliphatic hydroxyl groups is 2. The molecule has 0 amide bonds. The minimum Gasteiger partial charge on any atom is -0.393 e. The van der Waals surface area contributed by atoms with Crippen LogP contribution in [-0.2, 0) is 6.42 Å². The molecule has 4 unspecified atom stereocenters. The highest BCUT2D eigenvalue weighted by Gasteiger charge is 2.57. The molecule has 0 spiro atoms. The molecule has 2 bridgehead atoms. The fraction of sp³-hybridized carbons (Fsp3) is 0.462. The zero-order valence-corrected chi connectivity index (χ0v) is 27.3. The number of nitrogens with zero attached hydrogens (tertiary/aromatic N) is 2. The van der Waals surface area contributed by atoms with E-state index in [1.807, 2.05) is 18.2 Å². The van der Waals surface area contributed by atoms with Gasteiger partial charge < -0.3 is 15.1 Å². The Hall–Kier alpha value is -3.46. The topological polar surface area (TPSA) is 64.0 Å². The smallest absolute Gasteiger partial charge is 0.193 e. The number of rotatable bonds is 5. The summed E-state index contributed by atoms with van der Waals surface area (Å²) in [5.74, 6) is -2.90. The maximum atomic E-state index is 14.3. The van der Waals surface area contributed by atoms with Crippen molar-refractivity contribution in [3.05, 3.63) is 112 Å². The van der Waals surface area contributed by atoms with Crippen LogP contribution in [0.1, 0.15) is 85.3 Å². The fourth-order valence-corrected chi connectivity index (χ4v) is 8.18. The molecule has 3 aliphatic carbocycles. The predicted molar refractivity (Wildman–Crippen MR) is 178 cm³/mol. The van der Waals surface area contributed by atoms with E-state index in [1.165, 1.54) is 23.8 Å². The number of benzene rings is 3. The summed E-state index contributed by atoms with van der Waals surface area (Å²) in [6.45, 7) is 7.79. The highest BCUT2D eigenvalue weighted by atomic mass is 19.2. The number of β-amino-alcohol motifs (C(OH)–C–C–N with tert-alkyl or cyclic N) is 1. The number of hydrogen-bond donors (Lipinski definition) is 2. The molecule has 7 rings (SSSR count). The molecule has 4 aliphatic rings. The van der Waals surface area contributed by atoms with Crippen molar-refractivity contribution in [1.29, 1.82) is 0 Å². The van der Waals surface area contributed by atoms with Crippen molar-refractivity contribution in [1.82, 2.24) is 4.90 Å². The molecule has 3 aromatic rings. The summed E-state index contributed by atoms with van der Waals surface area (Å²) < 4.78 is 41.6. The summed E-state index contributed by atoms with van der Waals surface area (Å²) in [6.07, 6.45) is 6.04. The number of piperazine rings is 1. The van der Waals surface area contributed by atoms with Crippen molar-refractivity contribution in [3.63, 3.8) is 0 Å². The van der Waals surface area contributed by atoms with E-state index in [4.69, 9.17) is 0 Å². The normalized spacial score (nSPS) is 27.3. The van der Waals surface area contributed by atoms with Gasteiger partial charge in [0.05, 0.1) is 11.7 Å². The van der Waals surface area contributed by atoms with Crippen LogP contribution >= 0.6 is 0 Å². The Bertz CT molecular complexity index is 1630. The number of carbonyl (C=O) groups is 1. The summed E-state index contributed by atoms with van der Waals surface area (Å²) in [7, 11) is 0. The first-order valence-electron chi connectivity index (χ1n) is 16.9. The Labute approximate surface area is 275 Å². The Kier molecular flexibility index (Phi) is 9.66. The standard InChI is InChI=1S/C39H45F3N2O3/c1-26-4-3-16-38(2)34(15-17-39(38,47)25-43-18-20-44(21-19-43)30-10-8-29(40)9-11-30)32-13-6-27(22-31(45)12-5-26)23-33(32)37(46)28-7-14-35(41)36(42)24-28/h4,6-11,13-14,23-24,31,34,45,47H,3,5,12,15-22,25H2,1-2H3. The molecule has 250 valence electrons. The first-order valence-corrected chi connectivity index (χ1v) is 16.9. The van der Waals surface area contributed by atoms with E-state index in [-0.39, 0.29) is 17.3 Å². The van der Waals surface area contributed by atoms with Gasteiger partial charge in [0.1, 0.15) is 5.82 Å². The quantitative estimate of drug-likeness (QED) is 0.227. The second-order valence-electron chi connectivity index (χ2n) is 14.1. The van der Waals surface area contributed by atoms with E-state index in [0.717, 1.165) is 68.0 Å². The molecule has 1 heterocycles. The van der Waals surface area contributed by atoms with Gasteiger partial charge in [-0.2, -0.15) is 0 Å². The summed E-state index contributed by atoms with van der Waals surface area (Å²) in [4.78, 5) is 18.6. The molecule has 47 heavy (non-hydrogen) atoms. The maximum Gasteiger partial charge on any atom is 0.193 e. The van der Waals surface area contributed by atoms with Gasteiger partial charge in [-0.1, -0.05) is 30.7 Å². The number of halogens is 3. The van der Waals surface area contributed by atoms with Crippen LogP contribution in [-0.4, -0.2) is 65.3 Å². The largest absolute Gasteiger partial charge is 0.393 e. The third-order valence-electron chi connectivity index (χ3n) is 11.1. The number of anilines is 1. The van der Waals surface area contributed by atoms with Crippen LogP contribution < -0.4 is 4.90 Å². The molecule has 2 fully saturated rings. The van der Waals surface area contributed by atoms with E-state index >= 15 is 0 Å². The lowest BCUT2D eigenvalue weighted by atomic mass is 9.64.